The lowest BCUT2D eigenvalue weighted by Crippen LogP contribution is -2.62. The zero-order valence-electron chi connectivity index (χ0n) is 22.3. The van der Waals surface area contributed by atoms with E-state index in [1.165, 1.54) is 4.31 Å². The number of nitrogens with two attached hydrogens (primary N) is 1. The van der Waals surface area contributed by atoms with Crippen molar-refractivity contribution in [3.8, 4) is 0 Å². The Morgan fingerprint density at radius 1 is 1.11 bits per heavy atom. The van der Waals surface area contributed by atoms with E-state index in [9.17, 15) is 18.0 Å². The number of hydrogen-bond acceptors (Lipinski definition) is 6. The molecule has 1 spiro atoms. The molecule has 10 heteroatoms. The van der Waals surface area contributed by atoms with Crippen LogP contribution in [0.25, 0.3) is 0 Å². The highest BCUT2D eigenvalue weighted by molar-refractivity contribution is 7.92. The van der Waals surface area contributed by atoms with Crippen LogP contribution in [0.3, 0.4) is 0 Å². The summed E-state index contributed by atoms with van der Waals surface area (Å²) in [6.45, 7) is 4.54. The number of fused-ring (bicyclic) bond motifs is 2. The van der Waals surface area contributed by atoms with Gasteiger partial charge in [0, 0.05) is 5.41 Å². The molecule has 1 saturated heterocycles. The summed E-state index contributed by atoms with van der Waals surface area (Å²) < 4.78 is 27.7. The first-order valence-corrected chi connectivity index (χ1v) is 14.8. The number of para-hydroxylation sites is 1. The number of nitrogens with one attached hydrogen (secondary N) is 2. The lowest BCUT2D eigenvalue weighted by molar-refractivity contribution is -0.131. The number of piperidine rings is 1. The standard InChI is InChI=1S/C28H38N4O4S.ClH/c1-27(2,29)26(34)31-22(14-9-12-20-10-5-4-6-11-20)24(33)25-28(16-18-30-19-17-28)21-13-7-8-15-23(21)32(25)37(3,35)36;/h4-8,10-11,13,15,22,25,30H,9,12,14,16-19,29H2,1-3H3,(H,31,34);1H. The molecule has 0 aliphatic carbocycles. The molecular weight excluding hydrogens is 524 g/mol. The molecule has 2 aliphatic heterocycles. The van der Waals surface area contributed by atoms with Gasteiger partial charge in [0.1, 0.15) is 6.04 Å². The maximum atomic E-state index is 14.5. The van der Waals surface area contributed by atoms with Gasteiger partial charge in [-0.25, -0.2) is 8.42 Å². The molecule has 0 bridgehead atoms. The second-order valence-electron chi connectivity index (χ2n) is 10.9. The van der Waals surface area contributed by atoms with E-state index in [0.29, 0.717) is 44.5 Å². The van der Waals surface area contributed by atoms with Crippen molar-refractivity contribution in [2.24, 2.45) is 5.73 Å². The number of rotatable bonds is 9. The van der Waals surface area contributed by atoms with Gasteiger partial charge in [0.15, 0.2) is 5.78 Å². The first-order chi connectivity index (χ1) is 17.4. The molecule has 0 aromatic heterocycles. The number of aryl methyl sites for hydroxylation is 1. The Kier molecular flexibility index (Phi) is 9.29. The molecule has 4 N–H and O–H groups in total. The Balaban J connectivity index is 0.00000400. The Morgan fingerprint density at radius 3 is 2.32 bits per heavy atom. The SMILES string of the molecule is CC(C)(N)C(=O)NC(CCCc1ccccc1)C(=O)C1N(S(C)(=O)=O)c2ccccc2C12CCNCC2.Cl. The molecule has 4 rings (SSSR count). The zero-order valence-corrected chi connectivity index (χ0v) is 23.9. The molecule has 2 aliphatic rings. The Bertz CT molecular complexity index is 1240. The van der Waals surface area contributed by atoms with E-state index in [2.05, 4.69) is 10.6 Å². The van der Waals surface area contributed by atoms with Gasteiger partial charge >= 0.3 is 0 Å². The number of amides is 1. The van der Waals surface area contributed by atoms with Crippen molar-refractivity contribution in [1.29, 1.82) is 0 Å². The van der Waals surface area contributed by atoms with Crippen LogP contribution in [-0.2, 0) is 31.4 Å². The van der Waals surface area contributed by atoms with Crippen LogP contribution in [0.1, 0.15) is 50.7 Å². The maximum Gasteiger partial charge on any atom is 0.240 e. The average Bonchev–Trinajstić information content (AvgIpc) is 3.13. The summed E-state index contributed by atoms with van der Waals surface area (Å²) in [5.41, 5.74) is 6.80. The number of halogens is 1. The van der Waals surface area contributed by atoms with Crippen LogP contribution in [-0.4, -0.2) is 57.1 Å². The fourth-order valence-corrected chi connectivity index (χ4v) is 6.95. The van der Waals surface area contributed by atoms with Crippen molar-refractivity contribution in [3.63, 3.8) is 0 Å². The van der Waals surface area contributed by atoms with Crippen molar-refractivity contribution in [2.45, 2.75) is 69.0 Å². The van der Waals surface area contributed by atoms with Crippen molar-refractivity contribution in [3.05, 3.63) is 65.7 Å². The number of carbonyl (C=O) groups is 2. The molecule has 2 unspecified atom stereocenters. The quantitative estimate of drug-likeness (QED) is 0.432. The van der Waals surface area contributed by atoms with Crippen LogP contribution in [0.4, 0.5) is 5.69 Å². The highest BCUT2D eigenvalue weighted by Crippen LogP contribution is 2.52. The minimum Gasteiger partial charge on any atom is -0.345 e. The number of benzene rings is 2. The molecule has 38 heavy (non-hydrogen) atoms. The number of Topliss-reactive ketones (excluding diaryl/α,β-unsaturated/α-hetero) is 1. The van der Waals surface area contributed by atoms with Crippen LogP contribution in [0.5, 0.6) is 0 Å². The Hall–Kier alpha value is -2.46. The first-order valence-electron chi connectivity index (χ1n) is 12.9. The van der Waals surface area contributed by atoms with Gasteiger partial charge in [0.05, 0.1) is 23.5 Å². The van der Waals surface area contributed by atoms with Gasteiger partial charge in [-0.1, -0.05) is 48.5 Å². The highest BCUT2D eigenvalue weighted by Gasteiger charge is 2.57. The van der Waals surface area contributed by atoms with Gasteiger partial charge in [-0.15, -0.1) is 12.4 Å². The number of sulfonamides is 1. The monoisotopic (exact) mass is 562 g/mol. The largest absolute Gasteiger partial charge is 0.345 e. The van der Waals surface area contributed by atoms with Gasteiger partial charge in [0.2, 0.25) is 15.9 Å². The van der Waals surface area contributed by atoms with Crippen LogP contribution >= 0.6 is 12.4 Å². The summed E-state index contributed by atoms with van der Waals surface area (Å²) in [5, 5.41) is 6.24. The molecule has 0 saturated carbocycles. The summed E-state index contributed by atoms with van der Waals surface area (Å²) >= 11 is 0. The van der Waals surface area contributed by atoms with Gasteiger partial charge in [-0.05, 0) is 76.2 Å². The van der Waals surface area contributed by atoms with Crippen molar-refractivity contribution in [1.82, 2.24) is 10.6 Å². The Morgan fingerprint density at radius 2 is 1.71 bits per heavy atom. The van der Waals surface area contributed by atoms with Crippen molar-refractivity contribution < 1.29 is 18.0 Å². The van der Waals surface area contributed by atoms with E-state index in [-0.39, 0.29) is 18.2 Å². The first kappa shape index (κ1) is 30.1. The maximum absolute atomic E-state index is 14.5. The van der Waals surface area contributed by atoms with E-state index in [4.69, 9.17) is 5.73 Å². The van der Waals surface area contributed by atoms with E-state index in [0.717, 1.165) is 23.8 Å². The summed E-state index contributed by atoms with van der Waals surface area (Å²) in [6, 6.07) is 15.6. The van der Waals surface area contributed by atoms with E-state index >= 15 is 0 Å². The summed E-state index contributed by atoms with van der Waals surface area (Å²) in [5.74, 6) is -0.722. The van der Waals surface area contributed by atoms with Crippen molar-refractivity contribution in [2.75, 3.05) is 23.7 Å². The van der Waals surface area contributed by atoms with Crippen molar-refractivity contribution >= 4 is 39.8 Å². The summed E-state index contributed by atoms with van der Waals surface area (Å²) in [6.07, 6.45) is 4.17. The second-order valence-corrected chi connectivity index (χ2v) is 12.8. The fraction of sp³-hybridized carbons (Fsp3) is 0.500. The second kappa shape index (κ2) is 11.7. The third-order valence-electron chi connectivity index (χ3n) is 7.59. The van der Waals surface area contributed by atoms with Gasteiger partial charge in [-0.2, -0.15) is 0 Å². The molecular formula is C28H39ClN4O4S. The minimum atomic E-state index is -3.78. The lowest BCUT2D eigenvalue weighted by Gasteiger charge is -2.42. The van der Waals surface area contributed by atoms with Gasteiger partial charge < -0.3 is 16.4 Å². The molecule has 1 amide bonds. The zero-order chi connectivity index (χ0) is 26.8. The predicted molar refractivity (Wildman–Crippen MR) is 153 cm³/mol. The molecule has 2 aromatic carbocycles. The van der Waals surface area contributed by atoms with E-state index < -0.39 is 39.0 Å². The Labute approximate surface area is 232 Å². The smallest absolute Gasteiger partial charge is 0.240 e. The predicted octanol–water partition coefficient (Wildman–Crippen LogP) is 2.69. The molecule has 2 aromatic rings. The van der Waals surface area contributed by atoms with Crippen LogP contribution < -0.4 is 20.7 Å². The fourth-order valence-electron chi connectivity index (χ4n) is 5.75. The molecule has 208 valence electrons. The molecule has 8 nitrogen and oxygen atoms in total. The number of nitrogens with zero attached hydrogens (tertiary/aromatic N) is 1. The van der Waals surface area contributed by atoms with E-state index in [1.54, 1.807) is 26.0 Å². The third kappa shape index (κ3) is 6.06. The third-order valence-corrected chi connectivity index (χ3v) is 8.72. The molecule has 2 heterocycles. The van der Waals surface area contributed by atoms with Gasteiger partial charge in [0.25, 0.3) is 0 Å². The lowest BCUT2D eigenvalue weighted by atomic mass is 9.68. The minimum absolute atomic E-state index is 0. The van der Waals surface area contributed by atoms with E-state index in [1.807, 2.05) is 42.5 Å². The average molecular weight is 563 g/mol. The molecule has 2 atom stereocenters. The summed E-state index contributed by atoms with van der Waals surface area (Å²) in [7, 11) is -3.78. The normalized spacial score (nSPS) is 19.4. The van der Waals surface area contributed by atoms with Gasteiger partial charge in [-0.3, -0.25) is 13.9 Å². The summed E-state index contributed by atoms with van der Waals surface area (Å²) in [4.78, 5) is 27.4. The van der Waals surface area contributed by atoms with Crippen LogP contribution in [0.2, 0.25) is 0 Å². The highest BCUT2D eigenvalue weighted by atomic mass is 35.5. The number of anilines is 1. The number of ketones is 1. The topological polar surface area (TPSA) is 122 Å². The number of carbonyl (C=O) groups excluding carboxylic acids is 2. The van der Waals surface area contributed by atoms with Crippen LogP contribution in [0.15, 0.2) is 54.6 Å². The molecule has 0 radical (unpaired) electrons. The molecule has 1 fully saturated rings. The van der Waals surface area contributed by atoms with Crippen LogP contribution in [0, 0.1) is 0 Å². The number of hydrogen-bond donors (Lipinski definition) is 3.